The molecule has 8 heteroatoms. The first-order valence-corrected chi connectivity index (χ1v) is 10.6. The number of benzene rings is 2. The molecule has 2 aromatic carbocycles. The minimum atomic E-state index is -2.52. The van der Waals surface area contributed by atoms with Crippen LogP contribution in [-0.2, 0) is 4.79 Å². The van der Waals surface area contributed by atoms with Gasteiger partial charge in [-0.15, -0.1) is 11.3 Å². The zero-order chi connectivity index (χ0) is 18.4. The third kappa shape index (κ3) is 5.43. The van der Waals surface area contributed by atoms with Crippen LogP contribution in [0.3, 0.4) is 0 Å². The van der Waals surface area contributed by atoms with Crippen LogP contribution in [-0.4, -0.2) is 22.4 Å². The van der Waals surface area contributed by atoms with E-state index in [9.17, 15) is 13.6 Å². The number of carbonyl (C=O) groups excluding carboxylic acids is 1. The van der Waals surface area contributed by atoms with E-state index in [1.807, 2.05) is 24.3 Å². The van der Waals surface area contributed by atoms with Crippen LogP contribution in [0.5, 0.6) is 0 Å². The average molecular weight is 411 g/mol. The number of fused-ring (bicyclic) bond motifs is 1. The highest BCUT2D eigenvalue weighted by Gasteiger charge is 2.12. The summed E-state index contributed by atoms with van der Waals surface area (Å²) >= 11 is 3.71. The van der Waals surface area contributed by atoms with Crippen LogP contribution in [0.25, 0.3) is 10.2 Å². The minimum Gasteiger partial charge on any atom is -0.325 e. The number of aromatic nitrogens is 1. The summed E-state index contributed by atoms with van der Waals surface area (Å²) < 4.78 is 27.3. The molecule has 26 heavy (non-hydrogen) atoms. The van der Waals surface area contributed by atoms with E-state index in [1.54, 1.807) is 47.4 Å². The van der Waals surface area contributed by atoms with Gasteiger partial charge in [-0.1, -0.05) is 47.8 Å². The number of nitrogens with zero attached hydrogens (tertiary/aromatic N) is 1. The lowest BCUT2D eigenvalue weighted by molar-refractivity contribution is -0.116. The number of hydrogen-bond donors (Lipinski definition) is 1. The number of halogens is 2. The maximum Gasteiger partial charge on any atom is 0.288 e. The van der Waals surface area contributed by atoms with Crippen molar-refractivity contribution in [1.82, 2.24) is 4.98 Å². The van der Waals surface area contributed by atoms with Gasteiger partial charge in [-0.2, -0.15) is 8.78 Å². The van der Waals surface area contributed by atoms with Gasteiger partial charge in [0.25, 0.3) is 5.76 Å². The number of carbonyl (C=O) groups is 1. The van der Waals surface area contributed by atoms with Crippen LogP contribution in [0.2, 0.25) is 0 Å². The Hall–Kier alpha value is -1.64. The molecule has 0 atom stereocenters. The van der Waals surface area contributed by atoms with Crippen LogP contribution in [0, 0.1) is 0 Å². The Morgan fingerprint density at radius 2 is 1.92 bits per heavy atom. The Morgan fingerprint density at radius 1 is 1.15 bits per heavy atom. The van der Waals surface area contributed by atoms with Gasteiger partial charge in [0.1, 0.15) is 0 Å². The van der Waals surface area contributed by atoms with Crippen LogP contribution < -0.4 is 5.32 Å². The van der Waals surface area contributed by atoms with Crippen molar-refractivity contribution < 1.29 is 13.6 Å². The summed E-state index contributed by atoms with van der Waals surface area (Å²) in [5.74, 6) is -1.91. The predicted octanol–water partition coefficient (Wildman–Crippen LogP) is 6.12. The summed E-state index contributed by atoms with van der Waals surface area (Å²) in [6.07, 6.45) is 1.03. The molecule has 3 aromatic rings. The molecule has 1 heterocycles. The Labute approximate surface area is 162 Å². The lowest BCUT2D eigenvalue weighted by Gasteiger charge is -2.10. The maximum absolute atomic E-state index is 12.6. The second-order valence-corrected chi connectivity index (χ2v) is 8.73. The molecule has 0 aliphatic carbocycles. The average Bonchev–Trinajstić information content (AvgIpc) is 3.03. The number of para-hydroxylation sites is 2. The second-order valence-electron chi connectivity index (χ2n) is 5.32. The van der Waals surface area contributed by atoms with Crippen molar-refractivity contribution in [3.05, 3.63) is 48.5 Å². The molecule has 3 rings (SSSR count). The first-order chi connectivity index (χ1) is 12.6. The molecule has 136 valence electrons. The summed E-state index contributed by atoms with van der Waals surface area (Å²) in [7, 11) is 0. The van der Waals surface area contributed by atoms with E-state index in [0.29, 0.717) is 35.2 Å². The standard InChI is InChI=1S/C18H16F2N2OS3/c19-17(20)25-14-8-3-1-6-12(14)21-16(23)10-5-11-24-18-22-13-7-2-4-9-15(13)26-18/h1-4,6-9,17H,5,10-11H2,(H,21,23). The zero-order valence-electron chi connectivity index (χ0n) is 13.7. The van der Waals surface area contributed by atoms with Gasteiger partial charge in [0.2, 0.25) is 5.91 Å². The molecule has 0 saturated heterocycles. The molecule has 0 bridgehead atoms. The monoisotopic (exact) mass is 410 g/mol. The summed E-state index contributed by atoms with van der Waals surface area (Å²) in [6, 6.07) is 14.6. The molecule has 1 amide bonds. The summed E-state index contributed by atoms with van der Waals surface area (Å²) in [5, 5.41) is 2.72. The minimum absolute atomic E-state index is 0.169. The Morgan fingerprint density at radius 3 is 2.73 bits per heavy atom. The third-order valence-electron chi connectivity index (χ3n) is 3.43. The van der Waals surface area contributed by atoms with Gasteiger partial charge in [0, 0.05) is 17.1 Å². The highest BCUT2D eigenvalue weighted by molar-refractivity contribution is 8.01. The van der Waals surface area contributed by atoms with Crippen LogP contribution in [0.1, 0.15) is 12.8 Å². The van der Waals surface area contributed by atoms with E-state index in [-0.39, 0.29) is 5.91 Å². The van der Waals surface area contributed by atoms with Gasteiger partial charge in [-0.3, -0.25) is 4.79 Å². The van der Waals surface area contributed by atoms with Gasteiger partial charge < -0.3 is 5.32 Å². The molecule has 1 N–H and O–H groups in total. The van der Waals surface area contributed by atoms with Crippen molar-refractivity contribution in [2.75, 3.05) is 11.1 Å². The summed E-state index contributed by atoms with van der Waals surface area (Å²) in [6.45, 7) is 0. The lowest BCUT2D eigenvalue weighted by atomic mass is 10.3. The SMILES string of the molecule is O=C(CCCSc1nc2ccccc2s1)Nc1ccccc1SC(F)F. The van der Waals surface area contributed by atoms with Crippen molar-refractivity contribution in [2.45, 2.75) is 27.8 Å². The number of thioether (sulfide) groups is 2. The topological polar surface area (TPSA) is 42.0 Å². The summed E-state index contributed by atoms with van der Waals surface area (Å²) in [4.78, 5) is 17.0. The van der Waals surface area contributed by atoms with Crippen LogP contribution >= 0.6 is 34.9 Å². The van der Waals surface area contributed by atoms with Gasteiger partial charge in [0.05, 0.1) is 15.9 Å². The van der Waals surface area contributed by atoms with Crippen molar-refractivity contribution >= 4 is 56.7 Å². The van der Waals surface area contributed by atoms with Crippen molar-refractivity contribution in [1.29, 1.82) is 0 Å². The number of thiazole rings is 1. The van der Waals surface area contributed by atoms with Gasteiger partial charge in [0.15, 0.2) is 4.34 Å². The predicted molar refractivity (Wildman–Crippen MR) is 107 cm³/mol. The van der Waals surface area contributed by atoms with Crippen molar-refractivity contribution in [2.24, 2.45) is 0 Å². The van der Waals surface area contributed by atoms with E-state index < -0.39 is 5.76 Å². The molecular weight excluding hydrogens is 394 g/mol. The number of alkyl halides is 2. The van der Waals surface area contributed by atoms with Crippen LogP contribution in [0.15, 0.2) is 57.8 Å². The maximum atomic E-state index is 12.6. The number of nitrogens with one attached hydrogen (secondary N) is 1. The van der Waals surface area contributed by atoms with E-state index >= 15 is 0 Å². The molecular formula is C18H16F2N2OS3. The second kappa shape index (κ2) is 9.34. The fourth-order valence-corrected chi connectivity index (χ4v) is 4.96. The Balaban J connectivity index is 1.46. The molecule has 0 unspecified atom stereocenters. The molecule has 0 aliphatic rings. The van der Waals surface area contributed by atoms with Gasteiger partial charge in [-0.25, -0.2) is 4.98 Å². The quantitative estimate of drug-likeness (QED) is 0.359. The van der Waals surface area contributed by atoms with Crippen molar-refractivity contribution in [3.63, 3.8) is 0 Å². The lowest BCUT2D eigenvalue weighted by Crippen LogP contribution is -2.12. The highest BCUT2D eigenvalue weighted by Crippen LogP contribution is 2.32. The third-order valence-corrected chi connectivity index (χ3v) is 6.48. The van der Waals surface area contributed by atoms with Crippen molar-refractivity contribution in [3.8, 4) is 0 Å². The van der Waals surface area contributed by atoms with E-state index in [4.69, 9.17) is 0 Å². The fourth-order valence-electron chi connectivity index (χ4n) is 2.29. The number of hydrogen-bond acceptors (Lipinski definition) is 5. The largest absolute Gasteiger partial charge is 0.325 e. The van der Waals surface area contributed by atoms with E-state index in [0.717, 1.165) is 20.3 Å². The van der Waals surface area contributed by atoms with E-state index in [1.165, 1.54) is 0 Å². The number of anilines is 1. The molecule has 3 nitrogen and oxygen atoms in total. The first-order valence-electron chi connectivity index (χ1n) is 7.94. The van der Waals surface area contributed by atoms with Gasteiger partial charge in [-0.05, 0) is 30.7 Å². The van der Waals surface area contributed by atoms with E-state index in [2.05, 4.69) is 10.3 Å². The fraction of sp³-hybridized carbons (Fsp3) is 0.222. The molecule has 0 spiro atoms. The van der Waals surface area contributed by atoms with Gasteiger partial charge >= 0.3 is 0 Å². The highest BCUT2D eigenvalue weighted by atomic mass is 32.2. The Bertz CT molecular complexity index is 853. The van der Waals surface area contributed by atoms with Crippen LogP contribution in [0.4, 0.5) is 14.5 Å². The Kier molecular flexibility index (Phi) is 6.87. The molecule has 0 aliphatic heterocycles. The molecule has 0 fully saturated rings. The normalized spacial score (nSPS) is 11.2. The smallest absolute Gasteiger partial charge is 0.288 e. The first kappa shape index (κ1) is 19.1. The summed E-state index contributed by atoms with van der Waals surface area (Å²) in [5.41, 5.74) is 1.42. The molecule has 1 aromatic heterocycles. The number of rotatable bonds is 8. The number of amides is 1. The molecule has 0 saturated carbocycles. The molecule has 0 radical (unpaired) electrons. The zero-order valence-corrected chi connectivity index (χ0v) is 16.1.